The molecular weight excluding hydrogens is 474 g/mol. The Morgan fingerprint density at radius 3 is 2.41 bits per heavy atom. The van der Waals surface area contributed by atoms with Gasteiger partial charge in [-0.15, -0.1) is 0 Å². The number of benzene rings is 1. The maximum atomic E-state index is 13.6. The molecule has 0 unspecified atom stereocenters. The van der Waals surface area contributed by atoms with Crippen LogP contribution >= 0.6 is 0 Å². The summed E-state index contributed by atoms with van der Waals surface area (Å²) in [5.74, 6) is 1.31. The minimum Gasteiger partial charge on any atom is -0.481 e. The average molecular weight is 506 g/mol. The summed E-state index contributed by atoms with van der Waals surface area (Å²) >= 11 is 0. The van der Waals surface area contributed by atoms with Gasteiger partial charge in [0.25, 0.3) is 11.2 Å². The SMILES string of the molecule is CCc1nc(C)c2c(=O)n(CCCN3CCN(c4ccc([N+](=O)[O-])cc4)CC3)c3ccc(OC)nc3n12. The Kier molecular flexibility index (Phi) is 6.79. The maximum absolute atomic E-state index is 13.6. The molecular formula is C26H31N7O4. The number of nitrogens with zero attached hydrogens (tertiary/aromatic N) is 7. The molecule has 11 nitrogen and oxygen atoms in total. The molecule has 0 saturated carbocycles. The maximum Gasteiger partial charge on any atom is 0.277 e. The largest absolute Gasteiger partial charge is 0.481 e. The molecule has 11 heteroatoms. The van der Waals surface area contributed by atoms with Crippen LogP contribution in [0.3, 0.4) is 0 Å². The Hall–Kier alpha value is -3.99. The number of rotatable bonds is 8. The van der Waals surface area contributed by atoms with E-state index in [4.69, 9.17) is 4.74 Å². The summed E-state index contributed by atoms with van der Waals surface area (Å²) in [6, 6.07) is 10.4. The number of nitro benzene ring substituents is 1. The van der Waals surface area contributed by atoms with E-state index >= 15 is 0 Å². The van der Waals surface area contributed by atoms with Crippen molar-refractivity contribution in [3.63, 3.8) is 0 Å². The molecule has 1 aliphatic heterocycles. The smallest absolute Gasteiger partial charge is 0.277 e. The highest BCUT2D eigenvalue weighted by Crippen LogP contribution is 2.22. The van der Waals surface area contributed by atoms with Gasteiger partial charge in [0.05, 0.1) is 23.2 Å². The second kappa shape index (κ2) is 10.2. The van der Waals surface area contributed by atoms with Crippen LogP contribution in [0.4, 0.5) is 11.4 Å². The van der Waals surface area contributed by atoms with Gasteiger partial charge in [-0.2, -0.15) is 4.98 Å². The quantitative estimate of drug-likeness (QED) is 0.265. The first-order valence-corrected chi connectivity index (χ1v) is 12.6. The number of aryl methyl sites for hydroxylation is 3. The first-order chi connectivity index (χ1) is 17.9. The van der Waals surface area contributed by atoms with Gasteiger partial charge in [-0.1, -0.05) is 6.92 Å². The fourth-order valence-electron chi connectivity index (χ4n) is 5.14. The fraction of sp³-hybridized carbons (Fsp3) is 0.423. The first-order valence-electron chi connectivity index (χ1n) is 12.6. The second-order valence-electron chi connectivity index (χ2n) is 9.26. The summed E-state index contributed by atoms with van der Waals surface area (Å²) in [4.78, 5) is 38.1. The Labute approximate surface area is 214 Å². The van der Waals surface area contributed by atoms with E-state index in [0.29, 0.717) is 35.7 Å². The minimum absolute atomic E-state index is 0.0489. The van der Waals surface area contributed by atoms with Crippen LogP contribution in [-0.2, 0) is 13.0 Å². The highest BCUT2D eigenvalue weighted by atomic mass is 16.6. The van der Waals surface area contributed by atoms with Gasteiger partial charge < -0.3 is 14.2 Å². The zero-order valence-electron chi connectivity index (χ0n) is 21.4. The fourth-order valence-corrected chi connectivity index (χ4v) is 5.14. The van der Waals surface area contributed by atoms with Crippen LogP contribution in [0.25, 0.3) is 16.7 Å². The van der Waals surface area contributed by atoms with Crippen molar-refractivity contribution in [3.05, 3.63) is 68.4 Å². The molecule has 0 spiro atoms. The van der Waals surface area contributed by atoms with Crippen molar-refractivity contribution >= 4 is 28.1 Å². The van der Waals surface area contributed by atoms with Crippen molar-refractivity contribution in [1.82, 2.24) is 23.8 Å². The molecule has 0 amide bonds. The number of hydrogen-bond donors (Lipinski definition) is 0. The van der Waals surface area contributed by atoms with Crippen LogP contribution < -0.4 is 15.2 Å². The first kappa shape index (κ1) is 24.7. The normalized spacial score (nSPS) is 14.5. The van der Waals surface area contributed by atoms with Gasteiger partial charge in [-0.05, 0) is 38.1 Å². The van der Waals surface area contributed by atoms with Gasteiger partial charge >= 0.3 is 0 Å². The third-order valence-electron chi connectivity index (χ3n) is 7.08. The van der Waals surface area contributed by atoms with E-state index in [2.05, 4.69) is 19.8 Å². The van der Waals surface area contributed by atoms with E-state index in [1.807, 2.05) is 41.0 Å². The molecule has 1 saturated heterocycles. The van der Waals surface area contributed by atoms with Crippen molar-refractivity contribution in [2.45, 2.75) is 33.2 Å². The van der Waals surface area contributed by atoms with E-state index in [-0.39, 0.29) is 16.2 Å². The third kappa shape index (κ3) is 4.62. The number of nitro groups is 1. The molecule has 0 bridgehead atoms. The number of aromatic nitrogens is 4. The monoisotopic (exact) mass is 505 g/mol. The predicted octanol–water partition coefficient (Wildman–Crippen LogP) is 3.04. The topological polar surface area (TPSA) is 111 Å². The average Bonchev–Trinajstić information content (AvgIpc) is 3.27. The highest BCUT2D eigenvalue weighted by Gasteiger charge is 2.20. The zero-order chi connectivity index (χ0) is 26.1. The molecule has 3 aromatic heterocycles. The summed E-state index contributed by atoms with van der Waals surface area (Å²) < 4.78 is 9.06. The van der Waals surface area contributed by atoms with E-state index < -0.39 is 0 Å². The molecule has 4 heterocycles. The van der Waals surface area contributed by atoms with Gasteiger partial charge in [0.2, 0.25) is 5.88 Å². The number of hydrogen-bond acceptors (Lipinski definition) is 8. The summed E-state index contributed by atoms with van der Waals surface area (Å²) in [5.41, 5.74) is 3.80. The number of ether oxygens (including phenoxy) is 1. The zero-order valence-corrected chi connectivity index (χ0v) is 21.4. The Balaban J connectivity index is 1.30. The molecule has 194 valence electrons. The van der Waals surface area contributed by atoms with Crippen LogP contribution in [0.1, 0.15) is 24.9 Å². The molecule has 0 N–H and O–H groups in total. The van der Waals surface area contributed by atoms with Crippen molar-refractivity contribution in [2.24, 2.45) is 0 Å². The number of non-ortho nitro benzene ring substituents is 1. The van der Waals surface area contributed by atoms with E-state index in [0.717, 1.165) is 56.2 Å². The molecule has 1 aromatic carbocycles. The summed E-state index contributed by atoms with van der Waals surface area (Å²) in [6.45, 7) is 8.84. The van der Waals surface area contributed by atoms with Gasteiger partial charge in [0.15, 0.2) is 5.65 Å². The predicted molar refractivity (Wildman–Crippen MR) is 142 cm³/mol. The van der Waals surface area contributed by atoms with Crippen molar-refractivity contribution in [1.29, 1.82) is 0 Å². The standard InChI is InChI=1S/C26H31N7O4/c1-4-22-27-18(2)24-26(34)31(21-10-11-23(37-3)28-25(21)32(22)24)13-5-12-29-14-16-30(17-15-29)19-6-8-20(9-7-19)33(35)36/h6-11H,4-5,12-17H2,1-3H3. The molecule has 0 atom stereocenters. The third-order valence-corrected chi connectivity index (χ3v) is 7.08. The van der Waals surface area contributed by atoms with Crippen LogP contribution in [0, 0.1) is 17.0 Å². The van der Waals surface area contributed by atoms with Crippen molar-refractivity contribution in [3.8, 4) is 5.88 Å². The van der Waals surface area contributed by atoms with Crippen molar-refractivity contribution in [2.75, 3.05) is 44.7 Å². The Morgan fingerprint density at radius 1 is 1.03 bits per heavy atom. The van der Waals surface area contributed by atoms with E-state index in [1.165, 1.54) is 0 Å². The molecule has 0 aliphatic carbocycles. The van der Waals surface area contributed by atoms with Crippen LogP contribution in [-0.4, -0.2) is 68.6 Å². The van der Waals surface area contributed by atoms with Gasteiger partial charge in [-0.3, -0.25) is 24.2 Å². The van der Waals surface area contributed by atoms with Gasteiger partial charge in [-0.25, -0.2) is 4.98 Å². The summed E-state index contributed by atoms with van der Waals surface area (Å²) in [5, 5.41) is 10.9. The summed E-state index contributed by atoms with van der Waals surface area (Å²) in [6.07, 6.45) is 1.51. The van der Waals surface area contributed by atoms with Crippen LogP contribution in [0.5, 0.6) is 5.88 Å². The molecule has 5 rings (SSSR count). The minimum atomic E-state index is -0.377. The lowest BCUT2D eigenvalue weighted by Gasteiger charge is -2.36. The van der Waals surface area contributed by atoms with Crippen LogP contribution in [0.2, 0.25) is 0 Å². The lowest BCUT2D eigenvalue weighted by molar-refractivity contribution is -0.384. The molecule has 1 fully saturated rings. The highest BCUT2D eigenvalue weighted by molar-refractivity contribution is 5.77. The Bertz CT molecular complexity index is 1500. The molecule has 0 radical (unpaired) electrons. The van der Waals surface area contributed by atoms with Crippen molar-refractivity contribution < 1.29 is 9.66 Å². The second-order valence-corrected chi connectivity index (χ2v) is 9.26. The van der Waals surface area contributed by atoms with Crippen LogP contribution in [0.15, 0.2) is 41.2 Å². The number of piperazine rings is 1. The number of pyridine rings is 1. The summed E-state index contributed by atoms with van der Waals surface area (Å²) in [7, 11) is 1.59. The number of anilines is 1. The lowest BCUT2D eigenvalue weighted by atomic mass is 10.2. The molecule has 37 heavy (non-hydrogen) atoms. The molecule has 1 aliphatic rings. The lowest BCUT2D eigenvalue weighted by Crippen LogP contribution is -2.46. The van der Waals surface area contributed by atoms with Gasteiger partial charge in [0, 0.05) is 63.0 Å². The number of fused-ring (bicyclic) bond motifs is 3. The molecule has 4 aromatic rings. The number of methoxy groups -OCH3 is 1. The van der Waals surface area contributed by atoms with Gasteiger partial charge in [0.1, 0.15) is 11.3 Å². The van der Waals surface area contributed by atoms with E-state index in [9.17, 15) is 14.9 Å². The Morgan fingerprint density at radius 2 is 1.76 bits per heavy atom. The number of imidazole rings is 1. The van der Waals surface area contributed by atoms with E-state index in [1.54, 1.807) is 25.3 Å².